The zero-order valence-electron chi connectivity index (χ0n) is 9.27. The maximum atomic E-state index is 5.38. The Morgan fingerprint density at radius 3 is 2.23 bits per heavy atom. The minimum atomic E-state index is 0. The molecule has 0 aromatic heterocycles. The van der Waals surface area contributed by atoms with Crippen LogP contribution in [0.3, 0.4) is 0 Å². The monoisotopic (exact) mass is 207 g/mol. The Kier molecular flexibility index (Phi) is 8.74. The van der Waals surface area contributed by atoms with Gasteiger partial charge in [-0.05, 0) is 6.92 Å². The summed E-state index contributed by atoms with van der Waals surface area (Å²) in [4.78, 5) is 0. The van der Waals surface area contributed by atoms with E-state index >= 15 is 0 Å². The number of hydrogen-bond donors (Lipinski definition) is 0. The van der Waals surface area contributed by atoms with Crippen molar-refractivity contribution in [3.05, 3.63) is 12.2 Å². The quantitative estimate of drug-likeness (QED) is 0.298. The van der Waals surface area contributed by atoms with Crippen LogP contribution in [0, 0.1) is 0 Å². The summed E-state index contributed by atoms with van der Waals surface area (Å²) in [6.45, 7) is 8.48. The van der Waals surface area contributed by atoms with Crippen LogP contribution in [0.5, 0.6) is 0 Å². The Hall–Kier alpha value is -0.0500. The number of rotatable bonds is 6. The second kappa shape index (κ2) is 7.36. The largest absolute Gasteiger partial charge is 1.00 e. The highest BCUT2D eigenvalue weighted by Crippen LogP contribution is 1.95. The molecule has 0 radical (unpaired) electrons. The molecular weight excluding hydrogens is 186 g/mol. The van der Waals surface area contributed by atoms with Crippen LogP contribution >= 0.6 is 0 Å². The molecule has 3 heteroatoms. The van der Waals surface area contributed by atoms with E-state index in [1.807, 2.05) is 6.92 Å². The van der Waals surface area contributed by atoms with Crippen molar-refractivity contribution in [2.45, 2.75) is 13.3 Å². The predicted molar refractivity (Wildman–Crippen MR) is 53.1 cm³/mol. The average molecular weight is 208 g/mol. The van der Waals surface area contributed by atoms with Gasteiger partial charge in [-0.1, -0.05) is 12.2 Å². The van der Waals surface area contributed by atoms with E-state index in [2.05, 4.69) is 27.7 Å². The number of ether oxygens (including phenoxy) is 1. The van der Waals surface area contributed by atoms with E-state index in [9.17, 15) is 0 Å². The highest BCUT2D eigenvalue weighted by Gasteiger charge is 2.04. The van der Waals surface area contributed by atoms with Crippen molar-refractivity contribution in [1.82, 2.24) is 0 Å². The lowest BCUT2D eigenvalue weighted by atomic mass is 10.4. The molecule has 0 heterocycles. The highest BCUT2D eigenvalue weighted by molar-refractivity contribution is 4.87. The molecule has 0 saturated heterocycles. The van der Waals surface area contributed by atoms with Gasteiger partial charge in [0.2, 0.25) is 0 Å². The molecule has 0 aliphatic carbocycles. The van der Waals surface area contributed by atoms with Crippen molar-refractivity contribution in [2.24, 2.45) is 0 Å². The van der Waals surface area contributed by atoms with Gasteiger partial charge in [-0.2, -0.15) is 0 Å². The van der Waals surface area contributed by atoms with Gasteiger partial charge >= 0.3 is 0 Å². The molecule has 0 aliphatic heterocycles. The minimum Gasteiger partial charge on any atom is -1.00 e. The molecule has 0 saturated carbocycles. The topological polar surface area (TPSA) is 9.23 Å². The molecule has 2 nitrogen and oxygen atoms in total. The van der Waals surface area contributed by atoms with Crippen LogP contribution in [-0.2, 0) is 4.74 Å². The van der Waals surface area contributed by atoms with Crippen molar-refractivity contribution in [1.29, 1.82) is 0 Å². The molecule has 0 spiro atoms. The first-order valence-corrected chi connectivity index (χ1v) is 4.44. The summed E-state index contributed by atoms with van der Waals surface area (Å²) in [6.07, 6.45) is 1.12. The third kappa shape index (κ3) is 14.8. The van der Waals surface area contributed by atoms with Crippen molar-refractivity contribution < 1.29 is 21.6 Å². The molecular formula is C10H22ClNO. The Balaban J connectivity index is 0. The summed E-state index contributed by atoms with van der Waals surface area (Å²) in [5.74, 6) is 0. The SMILES string of the molecule is C=C(C)COCCC[N+](C)(C)C.[Cl-]. The molecule has 0 aromatic rings. The van der Waals surface area contributed by atoms with Crippen LogP contribution in [0.15, 0.2) is 12.2 Å². The van der Waals surface area contributed by atoms with Gasteiger partial charge in [-0.3, -0.25) is 0 Å². The average Bonchev–Trinajstić information content (AvgIpc) is 1.83. The van der Waals surface area contributed by atoms with E-state index in [1.54, 1.807) is 0 Å². The first kappa shape index (κ1) is 15.4. The van der Waals surface area contributed by atoms with Gasteiger partial charge in [-0.15, -0.1) is 0 Å². The highest BCUT2D eigenvalue weighted by atomic mass is 35.5. The van der Waals surface area contributed by atoms with E-state index in [0.29, 0.717) is 6.61 Å². The molecule has 0 atom stereocenters. The van der Waals surface area contributed by atoms with Crippen molar-refractivity contribution in [3.8, 4) is 0 Å². The molecule has 0 aromatic carbocycles. The molecule has 0 amide bonds. The fraction of sp³-hybridized carbons (Fsp3) is 0.800. The van der Waals surface area contributed by atoms with Crippen molar-refractivity contribution in [3.63, 3.8) is 0 Å². The third-order valence-electron chi connectivity index (χ3n) is 1.47. The van der Waals surface area contributed by atoms with Gasteiger partial charge in [0, 0.05) is 6.42 Å². The lowest BCUT2D eigenvalue weighted by Gasteiger charge is -2.23. The van der Waals surface area contributed by atoms with Crippen molar-refractivity contribution >= 4 is 0 Å². The molecule has 0 aliphatic rings. The predicted octanol–water partition coefficient (Wildman–Crippen LogP) is -1.32. The van der Waals surface area contributed by atoms with E-state index in [0.717, 1.165) is 29.6 Å². The summed E-state index contributed by atoms with van der Waals surface area (Å²) < 4.78 is 6.39. The Morgan fingerprint density at radius 2 is 1.85 bits per heavy atom. The number of nitrogens with zero attached hydrogens (tertiary/aromatic N) is 1. The van der Waals surface area contributed by atoms with Gasteiger partial charge in [0.15, 0.2) is 0 Å². The maximum Gasteiger partial charge on any atom is 0.0802 e. The van der Waals surface area contributed by atoms with E-state index in [4.69, 9.17) is 4.74 Å². The first-order valence-electron chi connectivity index (χ1n) is 4.44. The molecule has 0 rings (SSSR count). The Bertz CT molecular complexity index is 140. The normalized spacial score (nSPS) is 10.8. The molecule has 13 heavy (non-hydrogen) atoms. The molecule has 0 N–H and O–H groups in total. The van der Waals surface area contributed by atoms with Gasteiger partial charge in [-0.25, -0.2) is 0 Å². The zero-order chi connectivity index (χ0) is 9.61. The van der Waals surface area contributed by atoms with Crippen LogP contribution in [0.25, 0.3) is 0 Å². The lowest BCUT2D eigenvalue weighted by molar-refractivity contribution is -0.870. The zero-order valence-corrected chi connectivity index (χ0v) is 10.0. The summed E-state index contributed by atoms with van der Waals surface area (Å²) in [7, 11) is 6.58. The number of halogens is 1. The number of hydrogen-bond acceptors (Lipinski definition) is 1. The fourth-order valence-corrected chi connectivity index (χ4v) is 0.887. The molecule has 0 fully saturated rings. The fourth-order valence-electron chi connectivity index (χ4n) is 0.887. The van der Waals surface area contributed by atoms with Crippen LogP contribution in [-0.4, -0.2) is 45.4 Å². The molecule has 0 bridgehead atoms. The maximum absolute atomic E-state index is 5.38. The molecule has 80 valence electrons. The standard InChI is InChI=1S/C10H22NO.ClH/c1-10(2)9-12-8-6-7-11(3,4)5;/h1,6-9H2,2-5H3;1H/q+1;/p-1. The van der Waals surface area contributed by atoms with Crippen molar-refractivity contribution in [2.75, 3.05) is 40.9 Å². The van der Waals surface area contributed by atoms with Crippen LogP contribution in [0.1, 0.15) is 13.3 Å². The van der Waals surface area contributed by atoms with Gasteiger partial charge in [0.1, 0.15) is 0 Å². The van der Waals surface area contributed by atoms with E-state index in [-0.39, 0.29) is 12.4 Å². The first-order chi connectivity index (χ1) is 5.42. The van der Waals surface area contributed by atoms with Crippen LogP contribution in [0.2, 0.25) is 0 Å². The summed E-state index contributed by atoms with van der Waals surface area (Å²) >= 11 is 0. The lowest BCUT2D eigenvalue weighted by Crippen LogP contribution is -3.00. The molecule has 0 unspecified atom stereocenters. The van der Waals surface area contributed by atoms with E-state index in [1.165, 1.54) is 0 Å². The Labute approximate surface area is 88.6 Å². The van der Waals surface area contributed by atoms with Gasteiger partial charge in [0.05, 0.1) is 40.9 Å². The summed E-state index contributed by atoms with van der Waals surface area (Å²) in [6, 6.07) is 0. The summed E-state index contributed by atoms with van der Waals surface area (Å²) in [5.41, 5.74) is 1.10. The second-order valence-electron chi connectivity index (χ2n) is 4.38. The van der Waals surface area contributed by atoms with Crippen LogP contribution in [0.4, 0.5) is 0 Å². The smallest absolute Gasteiger partial charge is 0.0802 e. The summed E-state index contributed by atoms with van der Waals surface area (Å²) in [5, 5.41) is 0. The third-order valence-corrected chi connectivity index (χ3v) is 1.47. The second-order valence-corrected chi connectivity index (χ2v) is 4.38. The number of quaternary nitrogens is 1. The van der Waals surface area contributed by atoms with Gasteiger partial charge < -0.3 is 21.6 Å². The Morgan fingerprint density at radius 1 is 1.31 bits per heavy atom. The van der Waals surface area contributed by atoms with Gasteiger partial charge in [0.25, 0.3) is 0 Å². The van der Waals surface area contributed by atoms with E-state index < -0.39 is 0 Å². The van der Waals surface area contributed by atoms with Crippen LogP contribution < -0.4 is 12.4 Å². The minimum absolute atomic E-state index is 0.